The van der Waals surface area contributed by atoms with Crippen LogP contribution in [0.1, 0.15) is 30.1 Å². The first-order valence-electron chi connectivity index (χ1n) is 5.56. The molecule has 0 bridgehead atoms. The normalized spacial score (nSPS) is 19.3. The van der Waals surface area contributed by atoms with Gasteiger partial charge in [0.05, 0.1) is 4.08 Å². The maximum atomic E-state index is 12.1. The minimum Gasteiger partial charge on any atom is -0.294 e. The van der Waals surface area contributed by atoms with Crippen molar-refractivity contribution >= 4 is 29.3 Å². The van der Waals surface area contributed by atoms with Crippen LogP contribution in [0.15, 0.2) is 30.3 Å². The molecule has 2 rings (SSSR count). The molecule has 1 aliphatic heterocycles. The molecule has 86 valence electrons. The minimum absolute atomic E-state index is 0.0885. The van der Waals surface area contributed by atoms with Crippen LogP contribution in [0, 0.1) is 0 Å². The Bertz CT molecular complexity index is 355. The maximum absolute atomic E-state index is 12.1. The van der Waals surface area contributed by atoms with Gasteiger partial charge in [-0.3, -0.25) is 4.79 Å². The zero-order valence-corrected chi connectivity index (χ0v) is 11.1. The van der Waals surface area contributed by atoms with Crippen molar-refractivity contribution in [2.24, 2.45) is 0 Å². The second-order valence-electron chi connectivity index (χ2n) is 4.15. The van der Waals surface area contributed by atoms with Crippen LogP contribution in [-0.2, 0) is 0 Å². The van der Waals surface area contributed by atoms with Crippen LogP contribution in [0.3, 0.4) is 0 Å². The third-order valence-electron chi connectivity index (χ3n) is 2.68. The Morgan fingerprint density at radius 3 is 2.50 bits per heavy atom. The van der Waals surface area contributed by atoms with Crippen LogP contribution >= 0.6 is 23.5 Å². The third kappa shape index (κ3) is 3.05. The van der Waals surface area contributed by atoms with E-state index in [-0.39, 0.29) is 9.86 Å². The molecule has 0 atom stereocenters. The maximum Gasteiger partial charge on any atom is 0.165 e. The quantitative estimate of drug-likeness (QED) is 0.761. The summed E-state index contributed by atoms with van der Waals surface area (Å²) in [6.45, 7) is 2.20. The summed E-state index contributed by atoms with van der Waals surface area (Å²) in [6.07, 6.45) is 1.91. The van der Waals surface area contributed by atoms with Gasteiger partial charge in [0, 0.05) is 12.0 Å². The van der Waals surface area contributed by atoms with Gasteiger partial charge >= 0.3 is 0 Å². The molecule has 0 aliphatic carbocycles. The molecule has 1 aliphatic rings. The van der Waals surface area contributed by atoms with E-state index in [0.717, 1.165) is 5.56 Å². The van der Waals surface area contributed by atoms with E-state index in [0.29, 0.717) is 6.42 Å². The Morgan fingerprint density at radius 2 is 1.88 bits per heavy atom. The summed E-state index contributed by atoms with van der Waals surface area (Å²) in [6, 6.07) is 9.61. The van der Waals surface area contributed by atoms with Crippen LogP contribution in [0.2, 0.25) is 0 Å². The summed E-state index contributed by atoms with van der Waals surface area (Å²) in [5.41, 5.74) is 0.843. The second kappa shape index (κ2) is 5.28. The summed E-state index contributed by atoms with van der Waals surface area (Å²) < 4.78 is 0.0885. The van der Waals surface area contributed by atoms with E-state index in [9.17, 15) is 4.79 Å². The van der Waals surface area contributed by atoms with Gasteiger partial charge in [0.1, 0.15) is 0 Å². The number of carbonyl (C=O) groups excluding carboxylic acids is 1. The molecular weight excluding hydrogens is 236 g/mol. The first-order chi connectivity index (χ1) is 7.70. The standard InChI is InChI=1S/C13H16OS2/c1-13(15-8-5-9-16-13)10-12(14)11-6-3-2-4-7-11/h2-4,6-7H,5,8-10H2,1H3. The fraction of sp³-hybridized carbons (Fsp3) is 0.462. The molecule has 1 aromatic carbocycles. The molecule has 0 radical (unpaired) electrons. The van der Waals surface area contributed by atoms with E-state index in [1.54, 1.807) is 0 Å². The van der Waals surface area contributed by atoms with Crippen molar-refractivity contribution in [2.45, 2.75) is 23.8 Å². The molecule has 1 nitrogen and oxygen atoms in total. The van der Waals surface area contributed by atoms with E-state index in [2.05, 4.69) is 6.92 Å². The lowest BCUT2D eigenvalue weighted by molar-refractivity contribution is 0.0980. The molecular formula is C13H16OS2. The predicted octanol–water partition coefficient (Wildman–Crippen LogP) is 3.85. The predicted molar refractivity (Wildman–Crippen MR) is 73.3 cm³/mol. The van der Waals surface area contributed by atoms with Gasteiger partial charge in [0.15, 0.2) is 5.78 Å². The van der Waals surface area contributed by atoms with E-state index in [1.165, 1.54) is 17.9 Å². The Hall–Kier alpha value is -0.410. The number of carbonyl (C=O) groups is 1. The SMILES string of the molecule is CC1(CC(=O)c2ccccc2)SCCCS1. The van der Waals surface area contributed by atoms with E-state index in [1.807, 2.05) is 53.9 Å². The van der Waals surface area contributed by atoms with Crippen LogP contribution in [-0.4, -0.2) is 21.4 Å². The van der Waals surface area contributed by atoms with Gasteiger partial charge in [-0.2, -0.15) is 0 Å². The highest BCUT2D eigenvalue weighted by Crippen LogP contribution is 2.44. The van der Waals surface area contributed by atoms with Crippen molar-refractivity contribution in [1.82, 2.24) is 0 Å². The molecule has 0 amide bonds. The molecule has 16 heavy (non-hydrogen) atoms. The Morgan fingerprint density at radius 1 is 1.25 bits per heavy atom. The average Bonchev–Trinajstić information content (AvgIpc) is 2.30. The Labute approximate surface area is 105 Å². The van der Waals surface area contributed by atoms with Gasteiger partial charge in [-0.1, -0.05) is 30.3 Å². The molecule has 0 unspecified atom stereocenters. The second-order valence-corrected chi connectivity index (χ2v) is 7.60. The van der Waals surface area contributed by atoms with Crippen LogP contribution in [0.5, 0.6) is 0 Å². The summed E-state index contributed by atoms with van der Waals surface area (Å²) in [5, 5.41) is 0. The van der Waals surface area contributed by atoms with Crippen molar-refractivity contribution in [3.63, 3.8) is 0 Å². The number of ketones is 1. The van der Waals surface area contributed by atoms with E-state index < -0.39 is 0 Å². The molecule has 1 saturated heterocycles. The Kier molecular flexibility index (Phi) is 3.98. The molecule has 0 aromatic heterocycles. The molecule has 0 saturated carbocycles. The van der Waals surface area contributed by atoms with Crippen LogP contribution in [0.25, 0.3) is 0 Å². The molecule has 1 heterocycles. The largest absolute Gasteiger partial charge is 0.294 e. The monoisotopic (exact) mass is 252 g/mol. The zero-order chi connectivity index (χ0) is 11.4. The van der Waals surface area contributed by atoms with Gasteiger partial charge in [-0.15, -0.1) is 23.5 Å². The molecule has 1 fully saturated rings. The summed E-state index contributed by atoms with van der Waals surface area (Å²) in [4.78, 5) is 12.1. The first-order valence-corrected chi connectivity index (χ1v) is 7.53. The zero-order valence-electron chi connectivity index (χ0n) is 9.44. The third-order valence-corrected chi connectivity index (χ3v) is 5.88. The molecule has 1 aromatic rings. The minimum atomic E-state index is 0.0885. The van der Waals surface area contributed by atoms with Gasteiger partial charge in [-0.25, -0.2) is 0 Å². The van der Waals surface area contributed by atoms with Crippen LogP contribution < -0.4 is 0 Å². The van der Waals surface area contributed by atoms with Crippen molar-refractivity contribution in [1.29, 1.82) is 0 Å². The topological polar surface area (TPSA) is 17.1 Å². The fourth-order valence-electron chi connectivity index (χ4n) is 1.80. The molecule has 0 N–H and O–H groups in total. The van der Waals surface area contributed by atoms with Gasteiger partial charge in [0.2, 0.25) is 0 Å². The smallest absolute Gasteiger partial charge is 0.165 e. The summed E-state index contributed by atoms with van der Waals surface area (Å²) in [7, 11) is 0. The Balaban J connectivity index is 2.01. The van der Waals surface area contributed by atoms with Crippen molar-refractivity contribution in [3.05, 3.63) is 35.9 Å². The first kappa shape index (κ1) is 12.1. The van der Waals surface area contributed by atoms with E-state index in [4.69, 9.17) is 0 Å². The highest BCUT2D eigenvalue weighted by atomic mass is 32.2. The van der Waals surface area contributed by atoms with Gasteiger partial charge in [0.25, 0.3) is 0 Å². The highest BCUT2D eigenvalue weighted by molar-refractivity contribution is 8.18. The lowest BCUT2D eigenvalue weighted by atomic mass is 10.1. The highest BCUT2D eigenvalue weighted by Gasteiger charge is 2.31. The average molecular weight is 252 g/mol. The fourth-order valence-corrected chi connectivity index (χ4v) is 4.72. The van der Waals surface area contributed by atoms with E-state index >= 15 is 0 Å². The van der Waals surface area contributed by atoms with Crippen molar-refractivity contribution in [3.8, 4) is 0 Å². The lowest BCUT2D eigenvalue weighted by Crippen LogP contribution is -2.24. The lowest BCUT2D eigenvalue weighted by Gasteiger charge is -2.31. The van der Waals surface area contributed by atoms with Crippen LogP contribution in [0.4, 0.5) is 0 Å². The molecule has 3 heteroatoms. The number of Topliss-reactive ketones (excluding diaryl/α,β-unsaturated/α-hetero) is 1. The van der Waals surface area contributed by atoms with Gasteiger partial charge in [-0.05, 0) is 24.9 Å². The summed E-state index contributed by atoms with van der Waals surface area (Å²) in [5.74, 6) is 2.64. The van der Waals surface area contributed by atoms with Gasteiger partial charge < -0.3 is 0 Å². The number of hydrogen-bond donors (Lipinski definition) is 0. The number of hydrogen-bond acceptors (Lipinski definition) is 3. The van der Waals surface area contributed by atoms with Crippen molar-refractivity contribution < 1.29 is 4.79 Å². The van der Waals surface area contributed by atoms with Crippen molar-refractivity contribution in [2.75, 3.05) is 11.5 Å². The summed E-state index contributed by atoms with van der Waals surface area (Å²) >= 11 is 3.86. The number of rotatable bonds is 3. The number of benzene rings is 1. The number of thioether (sulfide) groups is 2. The molecule has 0 spiro atoms.